The Morgan fingerprint density at radius 2 is 2.00 bits per heavy atom. The Balaban J connectivity index is 1.66. The second kappa shape index (κ2) is 11.0. The Morgan fingerprint density at radius 1 is 1.19 bits per heavy atom. The van der Waals surface area contributed by atoms with Crippen molar-refractivity contribution in [3.8, 4) is 0 Å². The van der Waals surface area contributed by atoms with Crippen molar-refractivity contribution < 1.29 is 13.6 Å². The number of aromatic nitrogens is 4. The first kappa shape index (κ1) is 23.6. The highest BCUT2D eigenvalue weighted by atomic mass is 19.3. The number of amides is 1. The molecule has 7 nitrogen and oxygen atoms in total. The molecule has 0 aliphatic rings. The van der Waals surface area contributed by atoms with Crippen LogP contribution in [0.4, 0.5) is 14.6 Å². The second-order valence-electron chi connectivity index (χ2n) is 7.91. The highest BCUT2D eigenvalue weighted by Crippen LogP contribution is 2.23. The third-order valence-corrected chi connectivity index (χ3v) is 5.12. The maximum atomic E-state index is 13.0. The molecule has 1 unspecified atom stereocenters. The highest BCUT2D eigenvalue weighted by molar-refractivity contribution is 5.94. The van der Waals surface area contributed by atoms with E-state index in [1.807, 2.05) is 6.92 Å². The first-order chi connectivity index (χ1) is 15.4. The lowest BCUT2D eigenvalue weighted by Gasteiger charge is -2.14. The van der Waals surface area contributed by atoms with E-state index in [9.17, 15) is 13.6 Å². The van der Waals surface area contributed by atoms with Gasteiger partial charge >= 0.3 is 0 Å². The molecule has 3 rings (SSSR count). The highest BCUT2D eigenvalue weighted by Gasteiger charge is 2.15. The number of imidazole rings is 1. The van der Waals surface area contributed by atoms with Gasteiger partial charge in [-0.05, 0) is 44.7 Å². The lowest BCUT2D eigenvalue weighted by Crippen LogP contribution is -2.32. The second-order valence-corrected chi connectivity index (χ2v) is 7.91. The average molecular weight is 445 g/mol. The number of hydrogen-bond donors (Lipinski definition) is 1. The Labute approximate surface area is 186 Å². The molecule has 0 saturated heterocycles. The van der Waals surface area contributed by atoms with E-state index in [1.165, 1.54) is 6.20 Å². The summed E-state index contributed by atoms with van der Waals surface area (Å²) in [7, 11) is 0. The van der Waals surface area contributed by atoms with Gasteiger partial charge in [-0.15, -0.1) is 0 Å². The molecule has 9 heteroatoms. The van der Waals surface area contributed by atoms with Crippen LogP contribution in [0.3, 0.4) is 0 Å². The maximum Gasteiger partial charge on any atom is 0.281 e. The molecule has 0 bridgehead atoms. The van der Waals surface area contributed by atoms with Crippen LogP contribution in [-0.2, 0) is 6.54 Å². The third kappa shape index (κ3) is 5.99. The van der Waals surface area contributed by atoms with Crippen molar-refractivity contribution in [1.29, 1.82) is 0 Å². The van der Waals surface area contributed by atoms with Gasteiger partial charge in [0.05, 0.1) is 11.8 Å². The van der Waals surface area contributed by atoms with Crippen LogP contribution in [0, 0.1) is 0 Å². The zero-order chi connectivity index (χ0) is 23.1. The Kier molecular flexibility index (Phi) is 8.08. The number of halogens is 2. The van der Waals surface area contributed by atoms with Gasteiger partial charge in [0.2, 0.25) is 0 Å². The van der Waals surface area contributed by atoms with Crippen LogP contribution in [0.15, 0.2) is 41.8 Å². The summed E-state index contributed by atoms with van der Waals surface area (Å²) in [5, 5.41) is 7.21. The molecule has 1 amide bonds. The van der Waals surface area contributed by atoms with Crippen LogP contribution >= 0.6 is 0 Å². The molecule has 3 aromatic rings. The molecular formula is C23H30F2N6O. The minimum Gasteiger partial charge on any atom is -0.349 e. The van der Waals surface area contributed by atoms with Crippen LogP contribution in [0.2, 0.25) is 0 Å². The standard InChI is InChI=1S/C23H30F2N6O/c1-4-7-18(28-20-8-6-9-21-29-19(22(24)25)15-31(20)21)11-10-16(3)27-23(32)17-13-26-30(14-17)12-5-2/h6,8-9,13-16,22H,4-5,7,10-12H2,1-3H3,(H,27,32)/b28-18-. The number of rotatable bonds is 11. The predicted octanol–water partition coefficient (Wildman–Crippen LogP) is 5.35. The van der Waals surface area contributed by atoms with Gasteiger partial charge in [-0.25, -0.2) is 18.8 Å². The minimum absolute atomic E-state index is 0.0476. The number of pyridine rings is 1. The first-order valence-electron chi connectivity index (χ1n) is 11.1. The van der Waals surface area contributed by atoms with Crippen molar-refractivity contribution in [3.05, 3.63) is 48.0 Å². The van der Waals surface area contributed by atoms with Crippen molar-refractivity contribution in [1.82, 2.24) is 24.5 Å². The Morgan fingerprint density at radius 3 is 2.72 bits per heavy atom. The van der Waals surface area contributed by atoms with E-state index in [0.29, 0.717) is 23.4 Å². The molecule has 3 heterocycles. The zero-order valence-electron chi connectivity index (χ0n) is 18.8. The Hall–Kier alpha value is -3.10. The SMILES string of the molecule is CCC/C(CCC(C)NC(=O)c1cnn(CCC)c1)=N/c1cccc2nc(C(F)F)cn12. The van der Waals surface area contributed by atoms with Crippen LogP contribution in [-0.4, -0.2) is 36.8 Å². The number of nitrogens with one attached hydrogen (secondary N) is 1. The van der Waals surface area contributed by atoms with E-state index in [2.05, 4.69) is 29.2 Å². The van der Waals surface area contributed by atoms with Crippen LogP contribution in [0.25, 0.3) is 5.65 Å². The summed E-state index contributed by atoms with van der Waals surface area (Å²) < 4.78 is 29.4. The number of alkyl halides is 2. The zero-order valence-corrected chi connectivity index (χ0v) is 18.8. The molecule has 0 saturated carbocycles. The topological polar surface area (TPSA) is 76.6 Å². The van der Waals surface area contributed by atoms with Crippen LogP contribution < -0.4 is 5.32 Å². The van der Waals surface area contributed by atoms with Gasteiger partial charge in [-0.1, -0.05) is 26.3 Å². The van der Waals surface area contributed by atoms with E-state index in [-0.39, 0.29) is 17.6 Å². The molecular weight excluding hydrogens is 414 g/mol. The summed E-state index contributed by atoms with van der Waals surface area (Å²) in [4.78, 5) is 21.2. The number of aliphatic imine (C=N–C) groups is 1. The van der Waals surface area contributed by atoms with E-state index in [1.54, 1.807) is 39.7 Å². The largest absolute Gasteiger partial charge is 0.349 e. The third-order valence-electron chi connectivity index (χ3n) is 5.12. The van der Waals surface area contributed by atoms with E-state index in [4.69, 9.17) is 4.99 Å². The summed E-state index contributed by atoms with van der Waals surface area (Å²) in [6.45, 7) is 6.87. The number of carbonyl (C=O) groups is 1. The van der Waals surface area contributed by atoms with Crippen molar-refractivity contribution in [2.75, 3.05) is 0 Å². The van der Waals surface area contributed by atoms with Crippen molar-refractivity contribution in [2.45, 2.75) is 71.9 Å². The van der Waals surface area contributed by atoms with Gasteiger partial charge < -0.3 is 5.32 Å². The summed E-state index contributed by atoms with van der Waals surface area (Å²) in [5.41, 5.74) is 1.70. The number of nitrogens with zero attached hydrogens (tertiary/aromatic N) is 5. The molecule has 32 heavy (non-hydrogen) atoms. The lowest BCUT2D eigenvalue weighted by molar-refractivity contribution is 0.0938. The number of fused-ring (bicyclic) bond motifs is 1. The molecule has 0 fully saturated rings. The first-order valence-corrected chi connectivity index (χ1v) is 11.1. The number of aryl methyl sites for hydroxylation is 1. The molecule has 1 atom stereocenters. The molecule has 1 N–H and O–H groups in total. The van der Waals surface area contributed by atoms with Crippen molar-refractivity contribution >= 4 is 23.1 Å². The van der Waals surface area contributed by atoms with Gasteiger partial charge in [0.25, 0.3) is 12.3 Å². The fourth-order valence-corrected chi connectivity index (χ4v) is 3.49. The molecule has 0 radical (unpaired) electrons. The van der Waals surface area contributed by atoms with Crippen LogP contribution in [0.5, 0.6) is 0 Å². The maximum absolute atomic E-state index is 13.0. The summed E-state index contributed by atoms with van der Waals surface area (Å²) >= 11 is 0. The summed E-state index contributed by atoms with van der Waals surface area (Å²) in [6.07, 6.45) is 6.12. The quantitative estimate of drug-likeness (QED) is 0.405. The number of carbonyl (C=O) groups excluding carboxylic acids is 1. The summed E-state index contributed by atoms with van der Waals surface area (Å²) in [6, 6.07) is 5.19. The van der Waals surface area contributed by atoms with E-state index < -0.39 is 6.43 Å². The normalized spacial score (nSPS) is 13.1. The van der Waals surface area contributed by atoms with Gasteiger partial charge in [-0.2, -0.15) is 5.10 Å². The van der Waals surface area contributed by atoms with Gasteiger partial charge in [0, 0.05) is 30.7 Å². The monoisotopic (exact) mass is 444 g/mol. The lowest BCUT2D eigenvalue weighted by atomic mass is 10.1. The number of hydrogen-bond acceptors (Lipinski definition) is 4. The van der Waals surface area contributed by atoms with E-state index >= 15 is 0 Å². The molecule has 3 aromatic heterocycles. The van der Waals surface area contributed by atoms with Gasteiger partial charge in [-0.3, -0.25) is 13.9 Å². The minimum atomic E-state index is -2.62. The van der Waals surface area contributed by atoms with Gasteiger partial charge in [0.1, 0.15) is 17.2 Å². The van der Waals surface area contributed by atoms with Crippen LogP contribution in [0.1, 0.15) is 75.4 Å². The smallest absolute Gasteiger partial charge is 0.281 e. The summed E-state index contributed by atoms with van der Waals surface area (Å²) in [5.74, 6) is 0.432. The molecule has 0 aliphatic carbocycles. The van der Waals surface area contributed by atoms with Crippen molar-refractivity contribution in [2.24, 2.45) is 4.99 Å². The van der Waals surface area contributed by atoms with E-state index in [0.717, 1.165) is 37.9 Å². The molecule has 0 aliphatic heterocycles. The molecule has 0 aromatic carbocycles. The average Bonchev–Trinajstić information content (AvgIpc) is 3.40. The van der Waals surface area contributed by atoms with Crippen molar-refractivity contribution in [3.63, 3.8) is 0 Å². The predicted molar refractivity (Wildman–Crippen MR) is 121 cm³/mol. The fraction of sp³-hybridized carbons (Fsp3) is 0.478. The fourth-order valence-electron chi connectivity index (χ4n) is 3.49. The molecule has 0 spiro atoms. The molecule has 172 valence electrons. The van der Waals surface area contributed by atoms with Gasteiger partial charge in [0.15, 0.2) is 0 Å². The Bertz CT molecular complexity index is 1070.